The fourth-order valence-electron chi connectivity index (χ4n) is 3.26. The first-order valence-corrected chi connectivity index (χ1v) is 10.1. The summed E-state index contributed by atoms with van der Waals surface area (Å²) < 4.78 is 24.4. The highest BCUT2D eigenvalue weighted by atomic mass is 79.9. The maximum Gasteiger partial charge on any atom is 0.287 e. The molecule has 1 aliphatic heterocycles. The molecule has 2 heterocycles. The molecule has 1 saturated heterocycles. The number of nitrogens with zero attached hydrogens (tertiary/aromatic N) is 1. The molecule has 0 saturated carbocycles. The quantitative estimate of drug-likeness (QED) is 0.653. The molecule has 2 aromatic rings. The zero-order chi connectivity index (χ0) is 20.8. The molecule has 9 heteroatoms. The summed E-state index contributed by atoms with van der Waals surface area (Å²) in [6.45, 7) is 2.13. The standard InChI is InChI=1S/C20H23BrFN3O4/c1-28-16-3-2-13(10-15(16)22)12-25-8-6-14(7-9-25)24-19(26)11-23-20(27)17-4-5-18(21)29-17/h2-5,10,14H,6-9,11-12H2,1H3,(H,23,27)(H,24,26). The molecule has 0 bridgehead atoms. The first-order chi connectivity index (χ1) is 13.9. The molecule has 2 amide bonds. The third kappa shape index (κ3) is 6.04. The number of piperidine rings is 1. The van der Waals surface area contributed by atoms with Crippen molar-refractivity contribution in [2.24, 2.45) is 0 Å². The van der Waals surface area contributed by atoms with Gasteiger partial charge in [0.1, 0.15) is 0 Å². The van der Waals surface area contributed by atoms with E-state index < -0.39 is 5.91 Å². The van der Waals surface area contributed by atoms with E-state index in [4.69, 9.17) is 9.15 Å². The lowest BCUT2D eigenvalue weighted by molar-refractivity contribution is -0.121. The Kier molecular flexibility index (Phi) is 7.27. The highest BCUT2D eigenvalue weighted by Gasteiger charge is 2.21. The van der Waals surface area contributed by atoms with E-state index in [0.29, 0.717) is 11.2 Å². The van der Waals surface area contributed by atoms with E-state index in [0.717, 1.165) is 31.5 Å². The lowest BCUT2D eigenvalue weighted by atomic mass is 10.0. The third-order valence-electron chi connectivity index (χ3n) is 4.78. The number of carbonyl (C=O) groups is 2. The van der Waals surface area contributed by atoms with Crippen LogP contribution in [0.4, 0.5) is 4.39 Å². The minimum atomic E-state index is -0.438. The van der Waals surface area contributed by atoms with Gasteiger partial charge in [0.2, 0.25) is 5.91 Å². The maximum absolute atomic E-state index is 13.8. The van der Waals surface area contributed by atoms with Crippen molar-refractivity contribution in [1.29, 1.82) is 0 Å². The van der Waals surface area contributed by atoms with Gasteiger partial charge in [-0.1, -0.05) is 6.07 Å². The Labute approximate surface area is 176 Å². The van der Waals surface area contributed by atoms with Crippen molar-refractivity contribution in [3.63, 3.8) is 0 Å². The van der Waals surface area contributed by atoms with Crippen LogP contribution in [0.3, 0.4) is 0 Å². The highest BCUT2D eigenvalue weighted by Crippen LogP contribution is 2.20. The van der Waals surface area contributed by atoms with E-state index in [9.17, 15) is 14.0 Å². The second-order valence-corrected chi connectivity index (χ2v) is 7.65. The van der Waals surface area contributed by atoms with E-state index in [1.165, 1.54) is 19.2 Å². The van der Waals surface area contributed by atoms with Crippen LogP contribution >= 0.6 is 15.9 Å². The summed E-state index contributed by atoms with van der Waals surface area (Å²) in [5, 5.41) is 5.48. The Morgan fingerprint density at radius 2 is 2.03 bits per heavy atom. The number of furan rings is 1. The Hall–Kier alpha value is -2.39. The number of halogens is 2. The number of nitrogens with one attached hydrogen (secondary N) is 2. The van der Waals surface area contributed by atoms with Crippen molar-refractivity contribution in [2.75, 3.05) is 26.7 Å². The molecule has 0 atom stereocenters. The first kappa shape index (κ1) is 21.3. The average Bonchev–Trinajstić information content (AvgIpc) is 3.14. The summed E-state index contributed by atoms with van der Waals surface area (Å²) in [4.78, 5) is 26.2. The van der Waals surface area contributed by atoms with Gasteiger partial charge in [-0.2, -0.15) is 0 Å². The largest absolute Gasteiger partial charge is 0.494 e. The van der Waals surface area contributed by atoms with Crippen molar-refractivity contribution in [2.45, 2.75) is 25.4 Å². The molecule has 156 valence electrons. The topological polar surface area (TPSA) is 83.8 Å². The van der Waals surface area contributed by atoms with Crippen LogP contribution in [-0.2, 0) is 11.3 Å². The summed E-state index contributed by atoms with van der Waals surface area (Å²) in [7, 11) is 1.44. The van der Waals surface area contributed by atoms with Crippen LogP contribution in [0.2, 0.25) is 0 Å². The molecule has 3 rings (SSSR count). The van der Waals surface area contributed by atoms with Crippen LogP contribution in [0.1, 0.15) is 29.0 Å². The minimum absolute atomic E-state index is 0.0565. The van der Waals surface area contributed by atoms with Gasteiger partial charge < -0.3 is 19.8 Å². The Balaban J connectivity index is 1.38. The van der Waals surface area contributed by atoms with E-state index in [-0.39, 0.29) is 35.8 Å². The zero-order valence-corrected chi connectivity index (χ0v) is 17.6. The second kappa shape index (κ2) is 9.89. The summed E-state index contributed by atoms with van der Waals surface area (Å²) >= 11 is 3.13. The molecule has 1 fully saturated rings. The number of carbonyl (C=O) groups excluding carboxylic acids is 2. The second-order valence-electron chi connectivity index (χ2n) is 6.87. The Morgan fingerprint density at radius 1 is 1.28 bits per heavy atom. The molecule has 1 aromatic heterocycles. The molecule has 0 spiro atoms. The molecule has 1 aromatic carbocycles. The molecular formula is C20H23BrFN3O4. The summed E-state index contributed by atoms with van der Waals surface area (Å²) in [5.74, 6) is -0.655. The lowest BCUT2D eigenvalue weighted by Crippen LogP contribution is -2.47. The van der Waals surface area contributed by atoms with Crippen molar-refractivity contribution in [3.05, 3.63) is 52.1 Å². The Bertz CT molecular complexity index is 865. The van der Waals surface area contributed by atoms with E-state index in [1.54, 1.807) is 12.1 Å². The van der Waals surface area contributed by atoms with Gasteiger partial charge in [-0.3, -0.25) is 14.5 Å². The van der Waals surface area contributed by atoms with Crippen molar-refractivity contribution in [3.8, 4) is 5.75 Å². The van der Waals surface area contributed by atoms with Crippen LogP contribution in [-0.4, -0.2) is 49.5 Å². The van der Waals surface area contributed by atoms with Crippen LogP contribution in [0.5, 0.6) is 5.75 Å². The zero-order valence-electron chi connectivity index (χ0n) is 16.0. The SMILES string of the molecule is COc1ccc(CN2CCC(NC(=O)CNC(=O)c3ccc(Br)o3)CC2)cc1F. The Morgan fingerprint density at radius 3 is 2.66 bits per heavy atom. The summed E-state index contributed by atoms with van der Waals surface area (Å²) in [6, 6.07) is 8.18. The van der Waals surface area contributed by atoms with Gasteiger partial charge in [0.15, 0.2) is 22.0 Å². The van der Waals surface area contributed by atoms with Crippen LogP contribution in [0.25, 0.3) is 0 Å². The predicted octanol–water partition coefficient (Wildman–Crippen LogP) is 2.70. The van der Waals surface area contributed by atoms with Gasteiger partial charge in [-0.25, -0.2) is 4.39 Å². The van der Waals surface area contributed by atoms with Gasteiger partial charge in [-0.15, -0.1) is 0 Å². The summed E-state index contributed by atoms with van der Waals surface area (Å²) in [6.07, 6.45) is 1.59. The van der Waals surface area contributed by atoms with Gasteiger partial charge >= 0.3 is 0 Å². The van der Waals surface area contributed by atoms with Gasteiger partial charge in [0, 0.05) is 25.7 Å². The number of methoxy groups -OCH3 is 1. The molecule has 29 heavy (non-hydrogen) atoms. The normalized spacial score (nSPS) is 15.1. The average molecular weight is 468 g/mol. The molecule has 0 radical (unpaired) electrons. The summed E-state index contributed by atoms with van der Waals surface area (Å²) in [5.41, 5.74) is 0.887. The highest BCUT2D eigenvalue weighted by molar-refractivity contribution is 9.10. The van der Waals surface area contributed by atoms with Crippen molar-refractivity contribution in [1.82, 2.24) is 15.5 Å². The minimum Gasteiger partial charge on any atom is -0.494 e. The number of hydrogen-bond donors (Lipinski definition) is 2. The van der Waals surface area contributed by atoms with Gasteiger partial charge in [0.25, 0.3) is 5.91 Å². The first-order valence-electron chi connectivity index (χ1n) is 9.32. The number of benzene rings is 1. The number of amides is 2. The number of hydrogen-bond acceptors (Lipinski definition) is 5. The lowest BCUT2D eigenvalue weighted by Gasteiger charge is -2.32. The van der Waals surface area contributed by atoms with E-state index in [1.807, 2.05) is 6.07 Å². The van der Waals surface area contributed by atoms with Crippen molar-refractivity contribution < 1.29 is 23.1 Å². The molecular weight excluding hydrogens is 445 g/mol. The van der Waals surface area contributed by atoms with Crippen LogP contribution < -0.4 is 15.4 Å². The monoisotopic (exact) mass is 467 g/mol. The molecule has 7 nitrogen and oxygen atoms in total. The maximum atomic E-state index is 13.8. The van der Waals surface area contributed by atoms with Crippen molar-refractivity contribution >= 4 is 27.7 Å². The number of ether oxygens (including phenoxy) is 1. The van der Waals surface area contributed by atoms with E-state index >= 15 is 0 Å². The fourth-order valence-corrected chi connectivity index (χ4v) is 3.57. The smallest absolute Gasteiger partial charge is 0.287 e. The van der Waals surface area contributed by atoms with Crippen LogP contribution in [0, 0.1) is 5.82 Å². The number of likely N-dealkylation sites (tertiary alicyclic amines) is 1. The molecule has 0 aliphatic carbocycles. The molecule has 2 N–H and O–H groups in total. The molecule has 1 aliphatic rings. The predicted molar refractivity (Wildman–Crippen MR) is 108 cm³/mol. The third-order valence-corrected chi connectivity index (χ3v) is 5.21. The van der Waals surface area contributed by atoms with E-state index in [2.05, 4.69) is 31.5 Å². The fraction of sp³-hybridized carbons (Fsp3) is 0.400. The number of rotatable bonds is 7. The van der Waals surface area contributed by atoms with Crippen LogP contribution in [0.15, 0.2) is 39.4 Å². The molecule has 0 unspecified atom stereocenters. The van der Waals surface area contributed by atoms with Gasteiger partial charge in [0.05, 0.1) is 13.7 Å². The van der Waals surface area contributed by atoms with Gasteiger partial charge in [-0.05, 0) is 58.6 Å².